The van der Waals surface area contributed by atoms with Crippen molar-refractivity contribution in [3.05, 3.63) is 0 Å². The van der Waals surface area contributed by atoms with E-state index >= 15 is 0 Å². The van der Waals surface area contributed by atoms with Crippen molar-refractivity contribution in [3.63, 3.8) is 0 Å². The molecule has 0 saturated carbocycles. The van der Waals surface area contributed by atoms with E-state index < -0.39 is 0 Å². The minimum Gasteiger partial charge on any atom is -0.381 e. The number of carbonyl (C=O) groups excluding carboxylic acids is 8. The third-order valence-corrected chi connectivity index (χ3v) is 10.4. The molecule has 0 heterocycles. The van der Waals surface area contributed by atoms with Gasteiger partial charge in [-0.2, -0.15) is 0 Å². The summed E-state index contributed by atoms with van der Waals surface area (Å²) in [6, 6.07) is 0. The van der Waals surface area contributed by atoms with Gasteiger partial charge in [-0.3, -0.25) is 33.7 Å². The van der Waals surface area contributed by atoms with Crippen molar-refractivity contribution >= 4 is 46.4 Å². The number of nitrogens with zero attached hydrogens (tertiary/aromatic N) is 1. The predicted octanol–water partition coefficient (Wildman–Crippen LogP) is 3.87. The van der Waals surface area contributed by atoms with Crippen molar-refractivity contribution in [1.29, 1.82) is 0 Å². The molecule has 1 N–H and O–H groups in total. The number of nitrogens with one attached hydrogen (secondary N) is 1. The van der Waals surface area contributed by atoms with Crippen LogP contribution in [-0.4, -0.2) is 223 Å². The summed E-state index contributed by atoms with van der Waals surface area (Å²) < 4.78 is 60.5. The molecule has 0 aliphatic rings. The number of ketones is 7. The quantitative estimate of drug-likeness (QED) is 0.0849. The maximum Gasteiger partial charge on any atom is 0.234 e. The monoisotopic (exact) mass is 1060 g/mol. The summed E-state index contributed by atoms with van der Waals surface area (Å²) in [5.41, 5.74) is 0. The van der Waals surface area contributed by atoms with Crippen LogP contribution in [-0.2, 0) is 90.5 Å². The van der Waals surface area contributed by atoms with Gasteiger partial charge in [0.1, 0.15) is 40.5 Å². The van der Waals surface area contributed by atoms with Gasteiger partial charge in [0.2, 0.25) is 5.91 Å². The molecule has 0 aromatic carbocycles. The maximum absolute atomic E-state index is 12.9. The highest BCUT2D eigenvalue weighted by Gasteiger charge is 2.18. The van der Waals surface area contributed by atoms with E-state index in [-0.39, 0.29) is 118 Å². The van der Waals surface area contributed by atoms with E-state index in [0.717, 1.165) is 19.4 Å². The molecule has 1 amide bonds. The fraction of sp³-hybridized carbons (Fsp3) is 0.849. The third-order valence-electron chi connectivity index (χ3n) is 10.4. The zero-order valence-electron chi connectivity index (χ0n) is 45.4. The molecular formula is C53H94N2O19. The first-order valence-electron chi connectivity index (χ1n) is 26.8. The lowest BCUT2D eigenvalue weighted by Crippen LogP contribution is -2.43. The van der Waals surface area contributed by atoms with Gasteiger partial charge >= 0.3 is 0 Å². The lowest BCUT2D eigenvalue weighted by atomic mass is 10.1. The van der Waals surface area contributed by atoms with E-state index in [0.29, 0.717) is 184 Å². The number of ether oxygens (including phenoxy) is 11. The smallest absolute Gasteiger partial charge is 0.234 e. The molecule has 0 radical (unpaired) electrons. The normalized spacial score (nSPS) is 11.4. The minimum absolute atomic E-state index is 0.0176. The van der Waals surface area contributed by atoms with Gasteiger partial charge in [0, 0.05) is 110 Å². The zero-order chi connectivity index (χ0) is 54.4. The van der Waals surface area contributed by atoms with Crippen LogP contribution in [0.25, 0.3) is 0 Å². The molecule has 0 rings (SSSR count). The standard InChI is InChI=1S/C53H94N2O19/c1-4-21-64-22-7-12-50(60)19-27-67-29-31-69-33-35-71-37-39-73-41-42-74-40-38-72-36-34-70-32-30-68-28-20-54-53(63)45-55(43-51(61)13-8-25-65-23-5-10-48(58)17-15-46(2)56)44-52(62)14-9-26-66-24-6-11-49(59)18-16-47(3)57/h4-45H2,1-3H3,(H,54,63). The van der Waals surface area contributed by atoms with Crippen LogP contribution in [0.15, 0.2) is 0 Å². The highest BCUT2D eigenvalue weighted by Crippen LogP contribution is 2.05. The van der Waals surface area contributed by atoms with E-state index in [1.54, 1.807) is 0 Å². The Balaban J connectivity index is 4.05. The summed E-state index contributed by atoms with van der Waals surface area (Å²) in [7, 11) is 0. The Morgan fingerprint density at radius 3 is 0.919 bits per heavy atom. The Morgan fingerprint density at radius 2 is 0.581 bits per heavy atom. The lowest BCUT2D eigenvalue weighted by molar-refractivity contribution is -0.127. The molecule has 0 saturated heterocycles. The zero-order valence-corrected chi connectivity index (χ0v) is 45.4. The second kappa shape index (κ2) is 54.5. The lowest BCUT2D eigenvalue weighted by Gasteiger charge is -2.20. The average Bonchev–Trinajstić information content (AvgIpc) is 3.36. The van der Waals surface area contributed by atoms with Gasteiger partial charge in [-0.05, 0) is 52.4 Å². The van der Waals surface area contributed by atoms with Crippen molar-refractivity contribution in [2.75, 3.05) is 172 Å². The summed E-state index contributed by atoms with van der Waals surface area (Å²) in [6.07, 6.45) is 6.67. The van der Waals surface area contributed by atoms with E-state index in [9.17, 15) is 38.4 Å². The number of hydrogen-bond donors (Lipinski definition) is 1. The Kier molecular flexibility index (Phi) is 52.0. The molecule has 0 fully saturated rings. The van der Waals surface area contributed by atoms with E-state index in [1.807, 2.05) is 0 Å². The maximum atomic E-state index is 12.9. The molecule has 0 aromatic heterocycles. The van der Waals surface area contributed by atoms with Crippen molar-refractivity contribution < 1.29 is 90.5 Å². The molecule has 0 bridgehead atoms. The van der Waals surface area contributed by atoms with E-state index in [2.05, 4.69) is 12.2 Å². The second-order valence-electron chi connectivity index (χ2n) is 17.6. The summed E-state index contributed by atoms with van der Waals surface area (Å²) in [5.74, 6) is -0.446. The van der Waals surface area contributed by atoms with Gasteiger partial charge in [0.05, 0.1) is 125 Å². The van der Waals surface area contributed by atoms with Gasteiger partial charge in [0.25, 0.3) is 0 Å². The van der Waals surface area contributed by atoms with Crippen molar-refractivity contribution in [1.82, 2.24) is 10.2 Å². The van der Waals surface area contributed by atoms with Crippen LogP contribution >= 0.6 is 0 Å². The van der Waals surface area contributed by atoms with E-state index in [4.69, 9.17) is 52.1 Å². The third kappa shape index (κ3) is 54.9. The number of amides is 1. The molecule has 0 aromatic rings. The average molecular weight is 1060 g/mol. The molecule has 0 aliphatic heterocycles. The van der Waals surface area contributed by atoms with Crippen LogP contribution in [0.2, 0.25) is 0 Å². The predicted molar refractivity (Wildman–Crippen MR) is 274 cm³/mol. The second-order valence-corrected chi connectivity index (χ2v) is 17.6. The SMILES string of the molecule is CCCOCCCC(=O)CCOCCOCCOCCOCCOCCOCCOCCOCCNC(=O)CN(CC(=O)CCCOCCCC(=O)CCC(C)=O)CC(=O)CCCOCCCC(=O)CCC(C)=O. The van der Waals surface area contributed by atoms with Crippen molar-refractivity contribution in [2.45, 2.75) is 124 Å². The molecule has 0 aliphatic carbocycles. The molecule has 0 atom stereocenters. The molecular weight excluding hydrogens is 969 g/mol. The van der Waals surface area contributed by atoms with Crippen LogP contribution in [0, 0.1) is 0 Å². The summed E-state index contributed by atoms with van der Waals surface area (Å²) in [5, 5.41) is 2.77. The van der Waals surface area contributed by atoms with Crippen LogP contribution in [0.3, 0.4) is 0 Å². The highest BCUT2D eigenvalue weighted by atomic mass is 16.6. The van der Waals surface area contributed by atoms with Gasteiger partial charge in [-0.15, -0.1) is 0 Å². The minimum atomic E-state index is -0.356. The fourth-order valence-electron chi connectivity index (χ4n) is 6.49. The van der Waals surface area contributed by atoms with Crippen LogP contribution in [0.5, 0.6) is 0 Å². The van der Waals surface area contributed by atoms with Crippen LogP contribution in [0.1, 0.15) is 124 Å². The molecule has 74 heavy (non-hydrogen) atoms. The molecule has 21 heteroatoms. The van der Waals surface area contributed by atoms with Crippen LogP contribution < -0.4 is 5.32 Å². The largest absolute Gasteiger partial charge is 0.381 e. The Labute approximate surface area is 441 Å². The van der Waals surface area contributed by atoms with Crippen molar-refractivity contribution in [2.24, 2.45) is 0 Å². The Hall–Kier alpha value is -3.32. The Morgan fingerprint density at radius 1 is 0.297 bits per heavy atom. The first-order valence-corrected chi connectivity index (χ1v) is 26.8. The topological polar surface area (TPSA) is 253 Å². The summed E-state index contributed by atoms with van der Waals surface area (Å²) in [4.78, 5) is 97.7. The molecule has 0 spiro atoms. The van der Waals surface area contributed by atoms with Gasteiger partial charge in [0.15, 0.2) is 0 Å². The number of Topliss-reactive ketones (excluding diaryl/α,β-unsaturated/α-hetero) is 7. The first-order chi connectivity index (χ1) is 35.9. The van der Waals surface area contributed by atoms with Gasteiger partial charge < -0.3 is 67.0 Å². The number of rotatable bonds is 61. The van der Waals surface area contributed by atoms with Crippen LogP contribution in [0.4, 0.5) is 0 Å². The fourth-order valence-corrected chi connectivity index (χ4v) is 6.49. The Bertz CT molecular complexity index is 1390. The highest BCUT2D eigenvalue weighted by molar-refractivity contribution is 5.86. The van der Waals surface area contributed by atoms with Gasteiger partial charge in [-0.1, -0.05) is 6.92 Å². The number of hydrogen-bond acceptors (Lipinski definition) is 20. The first kappa shape index (κ1) is 70.7. The number of carbonyl (C=O) groups is 8. The van der Waals surface area contributed by atoms with E-state index in [1.165, 1.54) is 18.7 Å². The molecule has 21 nitrogen and oxygen atoms in total. The van der Waals surface area contributed by atoms with Crippen molar-refractivity contribution in [3.8, 4) is 0 Å². The van der Waals surface area contributed by atoms with Gasteiger partial charge in [-0.25, -0.2) is 0 Å². The molecule has 0 unspecified atom stereocenters. The summed E-state index contributed by atoms with van der Waals surface area (Å²) >= 11 is 0. The molecule has 430 valence electrons. The summed E-state index contributed by atoms with van der Waals surface area (Å²) in [6.45, 7) is 14.1.